The first kappa shape index (κ1) is 13.0. The molecule has 0 spiro atoms. The molecule has 0 fully saturated rings. The van der Waals surface area contributed by atoms with Crippen LogP contribution in [0.5, 0.6) is 0 Å². The number of hydrogen-bond acceptors (Lipinski definition) is 4. The normalized spacial score (nSPS) is 9.82. The van der Waals surface area contributed by atoms with Crippen molar-refractivity contribution in [3.8, 4) is 0 Å². The second kappa shape index (κ2) is 5.29. The van der Waals surface area contributed by atoms with E-state index in [1.165, 1.54) is 13.2 Å². The van der Waals surface area contributed by atoms with E-state index < -0.39 is 17.7 Å². The third kappa shape index (κ3) is 3.17. The highest BCUT2D eigenvalue weighted by Gasteiger charge is 2.15. The van der Waals surface area contributed by atoms with Gasteiger partial charge in [0.2, 0.25) is 5.76 Å². The smallest absolute Gasteiger partial charge is 0.373 e. The van der Waals surface area contributed by atoms with Gasteiger partial charge in [0.05, 0.1) is 7.11 Å². The lowest BCUT2D eigenvalue weighted by Gasteiger charge is -2.00. The molecule has 1 N–H and O–H groups in total. The number of methoxy groups -OCH3 is 1. The van der Waals surface area contributed by atoms with Gasteiger partial charge in [-0.25, -0.2) is 9.18 Å². The van der Waals surface area contributed by atoms with Crippen LogP contribution in [-0.2, 0) is 16.1 Å². The lowest BCUT2D eigenvalue weighted by Crippen LogP contribution is -2.22. The van der Waals surface area contributed by atoms with E-state index in [9.17, 15) is 14.0 Å². The van der Waals surface area contributed by atoms with E-state index in [2.05, 4.69) is 16.6 Å². The highest BCUT2D eigenvalue weighted by Crippen LogP contribution is 2.15. The molecule has 0 aliphatic rings. The van der Waals surface area contributed by atoms with E-state index >= 15 is 0 Å². The number of esters is 1. The van der Waals surface area contributed by atoms with Crippen molar-refractivity contribution >= 4 is 11.9 Å². The molecule has 0 aliphatic heterocycles. The van der Waals surface area contributed by atoms with Crippen molar-refractivity contribution in [1.82, 2.24) is 5.32 Å². The van der Waals surface area contributed by atoms with Gasteiger partial charge in [0.15, 0.2) is 5.83 Å². The quantitative estimate of drug-likeness (QED) is 0.640. The van der Waals surface area contributed by atoms with Crippen LogP contribution < -0.4 is 5.32 Å². The van der Waals surface area contributed by atoms with Crippen LogP contribution >= 0.6 is 0 Å². The summed E-state index contributed by atoms with van der Waals surface area (Å²) >= 11 is 0. The van der Waals surface area contributed by atoms with Gasteiger partial charge >= 0.3 is 5.97 Å². The Morgan fingerprint density at radius 3 is 2.76 bits per heavy atom. The van der Waals surface area contributed by atoms with Crippen LogP contribution in [0, 0.1) is 6.92 Å². The Bertz CT molecular complexity index is 464. The topological polar surface area (TPSA) is 68.5 Å². The monoisotopic (exact) mass is 241 g/mol. The summed E-state index contributed by atoms with van der Waals surface area (Å²) in [4.78, 5) is 22.1. The molecule has 5 nitrogen and oxygen atoms in total. The largest absolute Gasteiger partial charge is 0.463 e. The molecule has 1 aromatic rings. The fourth-order valence-corrected chi connectivity index (χ4v) is 1.17. The maximum Gasteiger partial charge on any atom is 0.373 e. The minimum atomic E-state index is -1.07. The maximum absolute atomic E-state index is 12.4. The van der Waals surface area contributed by atoms with Gasteiger partial charge < -0.3 is 14.5 Å². The Labute approximate surface area is 97.2 Å². The lowest BCUT2D eigenvalue weighted by atomic mass is 10.2. The van der Waals surface area contributed by atoms with Crippen LogP contribution in [0.25, 0.3) is 0 Å². The van der Waals surface area contributed by atoms with Crippen LogP contribution in [0.1, 0.15) is 21.9 Å². The van der Waals surface area contributed by atoms with Gasteiger partial charge in [-0.3, -0.25) is 4.79 Å². The lowest BCUT2D eigenvalue weighted by molar-refractivity contribution is -0.119. The van der Waals surface area contributed by atoms with E-state index in [0.29, 0.717) is 11.3 Å². The molecule has 0 aromatic carbocycles. The zero-order chi connectivity index (χ0) is 13.0. The Kier molecular flexibility index (Phi) is 4.03. The Hall–Kier alpha value is -2.11. The SMILES string of the molecule is C=C(F)C(=O)NCc1cc(C(=O)OC)oc1C. The molecule has 1 aromatic heterocycles. The second-order valence-corrected chi connectivity index (χ2v) is 3.27. The van der Waals surface area contributed by atoms with E-state index in [-0.39, 0.29) is 12.3 Å². The zero-order valence-electron chi connectivity index (χ0n) is 9.50. The molecule has 1 amide bonds. The predicted molar refractivity (Wildman–Crippen MR) is 56.9 cm³/mol. The van der Waals surface area contributed by atoms with Gasteiger partial charge in [-0.1, -0.05) is 6.58 Å². The molecular weight excluding hydrogens is 229 g/mol. The van der Waals surface area contributed by atoms with Crippen LogP contribution in [0.4, 0.5) is 4.39 Å². The summed E-state index contributed by atoms with van der Waals surface area (Å²) in [6, 6.07) is 1.43. The van der Waals surface area contributed by atoms with Gasteiger partial charge in [0.1, 0.15) is 5.76 Å². The highest BCUT2D eigenvalue weighted by molar-refractivity contribution is 5.90. The third-order valence-electron chi connectivity index (χ3n) is 2.09. The van der Waals surface area contributed by atoms with E-state index in [1.54, 1.807) is 6.92 Å². The minimum Gasteiger partial charge on any atom is -0.463 e. The number of nitrogens with one attached hydrogen (secondary N) is 1. The average molecular weight is 241 g/mol. The Balaban J connectivity index is 2.72. The molecule has 6 heteroatoms. The van der Waals surface area contributed by atoms with E-state index in [1.807, 2.05) is 0 Å². The van der Waals surface area contributed by atoms with Crippen molar-refractivity contribution in [1.29, 1.82) is 0 Å². The van der Waals surface area contributed by atoms with Gasteiger partial charge in [-0.05, 0) is 13.0 Å². The molecule has 0 aliphatic carbocycles. The maximum atomic E-state index is 12.4. The number of carbonyl (C=O) groups is 2. The summed E-state index contributed by atoms with van der Waals surface area (Å²) in [5.74, 6) is -2.09. The molecule has 1 rings (SSSR count). The Morgan fingerprint density at radius 1 is 1.59 bits per heavy atom. The predicted octanol–water partition coefficient (Wildman–Crippen LogP) is 1.47. The number of amides is 1. The molecule has 0 unspecified atom stereocenters. The molecule has 1 heterocycles. The van der Waals surface area contributed by atoms with Crippen molar-refractivity contribution in [2.45, 2.75) is 13.5 Å². The molecule has 92 valence electrons. The molecular formula is C11H12FNO4. The number of halogens is 1. The first-order valence-corrected chi connectivity index (χ1v) is 4.76. The molecule has 0 radical (unpaired) electrons. The van der Waals surface area contributed by atoms with Crippen molar-refractivity contribution in [3.05, 3.63) is 35.6 Å². The number of rotatable bonds is 4. The zero-order valence-corrected chi connectivity index (χ0v) is 9.50. The van der Waals surface area contributed by atoms with Crippen LogP contribution in [0.15, 0.2) is 22.9 Å². The number of ether oxygens (including phenoxy) is 1. The third-order valence-corrected chi connectivity index (χ3v) is 2.09. The summed E-state index contributed by atoms with van der Waals surface area (Å²) in [5, 5.41) is 2.28. The summed E-state index contributed by atoms with van der Waals surface area (Å²) in [5.41, 5.74) is 0.569. The summed E-state index contributed by atoms with van der Waals surface area (Å²) < 4.78 is 22.0. The Morgan fingerprint density at radius 2 is 2.24 bits per heavy atom. The average Bonchev–Trinajstić information content (AvgIpc) is 2.66. The fraction of sp³-hybridized carbons (Fsp3) is 0.273. The highest BCUT2D eigenvalue weighted by atomic mass is 19.1. The standard InChI is InChI=1S/C11H12FNO4/c1-6(12)10(14)13-5-8-4-9(11(15)16-3)17-7(8)2/h4H,1,5H2,2-3H3,(H,13,14). The molecule has 0 atom stereocenters. The van der Waals surface area contributed by atoms with Crippen LogP contribution in [-0.4, -0.2) is 19.0 Å². The number of aryl methyl sites for hydroxylation is 1. The molecule has 0 saturated heterocycles. The van der Waals surface area contributed by atoms with Gasteiger partial charge in [0.25, 0.3) is 5.91 Å². The number of carbonyl (C=O) groups excluding carboxylic acids is 2. The second-order valence-electron chi connectivity index (χ2n) is 3.27. The minimum absolute atomic E-state index is 0.0355. The first-order chi connectivity index (χ1) is 7.95. The van der Waals surface area contributed by atoms with Gasteiger partial charge in [-0.15, -0.1) is 0 Å². The van der Waals surface area contributed by atoms with Crippen molar-refractivity contribution in [3.63, 3.8) is 0 Å². The van der Waals surface area contributed by atoms with Gasteiger partial charge in [0, 0.05) is 12.1 Å². The van der Waals surface area contributed by atoms with Gasteiger partial charge in [-0.2, -0.15) is 0 Å². The summed E-state index contributed by atoms with van der Waals surface area (Å²) in [7, 11) is 1.23. The summed E-state index contributed by atoms with van der Waals surface area (Å²) in [6.07, 6.45) is 0. The molecule has 0 bridgehead atoms. The number of hydrogen-bond donors (Lipinski definition) is 1. The van der Waals surface area contributed by atoms with E-state index in [0.717, 1.165) is 0 Å². The van der Waals surface area contributed by atoms with E-state index in [4.69, 9.17) is 4.42 Å². The fourth-order valence-electron chi connectivity index (χ4n) is 1.17. The summed E-state index contributed by atoms with van der Waals surface area (Å²) in [6.45, 7) is 4.53. The molecule has 0 saturated carbocycles. The van der Waals surface area contributed by atoms with Crippen molar-refractivity contribution in [2.24, 2.45) is 0 Å². The van der Waals surface area contributed by atoms with Crippen LogP contribution in [0.3, 0.4) is 0 Å². The number of furan rings is 1. The molecule has 17 heavy (non-hydrogen) atoms. The van der Waals surface area contributed by atoms with Crippen LogP contribution in [0.2, 0.25) is 0 Å². The van der Waals surface area contributed by atoms with Crippen molar-refractivity contribution < 1.29 is 23.1 Å². The first-order valence-electron chi connectivity index (χ1n) is 4.76. The van der Waals surface area contributed by atoms with Crippen molar-refractivity contribution in [2.75, 3.05) is 7.11 Å².